The third-order valence-electron chi connectivity index (χ3n) is 2.53. The van der Waals surface area contributed by atoms with Gasteiger partial charge < -0.3 is 10.2 Å². The molecule has 0 amide bonds. The van der Waals surface area contributed by atoms with Gasteiger partial charge in [0.2, 0.25) is 0 Å². The van der Waals surface area contributed by atoms with Crippen LogP contribution in [0.3, 0.4) is 0 Å². The molecule has 0 aromatic rings. The predicted molar refractivity (Wildman–Crippen MR) is 58.0 cm³/mol. The van der Waals surface area contributed by atoms with Crippen molar-refractivity contribution in [1.29, 1.82) is 0 Å². The monoisotopic (exact) mass is 184 g/mol. The molecule has 13 heavy (non-hydrogen) atoms. The highest BCUT2D eigenvalue weighted by molar-refractivity contribution is 4.80. The summed E-state index contributed by atoms with van der Waals surface area (Å²) < 4.78 is 0. The fraction of sp³-hybridized carbons (Fsp3) is 1.00. The highest BCUT2D eigenvalue weighted by atomic mass is 15.2. The van der Waals surface area contributed by atoms with Gasteiger partial charge in [0.25, 0.3) is 0 Å². The first-order valence-electron chi connectivity index (χ1n) is 5.47. The summed E-state index contributed by atoms with van der Waals surface area (Å²) in [5.74, 6) is 0. The van der Waals surface area contributed by atoms with Crippen molar-refractivity contribution in [2.75, 3.05) is 26.2 Å². The normalized spacial score (nSPS) is 26.3. The van der Waals surface area contributed by atoms with Crippen LogP contribution in [0, 0.1) is 5.41 Å². The number of nitrogens with zero attached hydrogens (tertiary/aromatic N) is 1. The summed E-state index contributed by atoms with van der Waals surface area (Å²) in [6.45, 7) is 14.0. The summed E-state index contributed by atoms with van der Waals surface area (Å²) in [6, 6.07) is 0.719. The van der Waals surface area contributed by atoms with E-state index in [1.54, 1.807) is 0 Å². The molecule has 2 heteroatoms. The van der Waals surface area contributed by atoms with Gasteiger partial charge in [0.1, 0.15) is 0 Å². The Balaban J connectivity index is 2.34. The molecule has 1 atom stereocenters. The van der Waals surface area contributed by atoms with Crippen LogP contribution in [0.25, 0.3) is 0 Å². The topological polar surface area (TPSA) is 15.3 Å². The van der Waals surface area contributed by atoms with Crippen LogP contribution in [0.5, 0.6) is 0 Å². The van der Waals surface area contributed by atoms with E-state index in [4.69, 9.17) is 0 Å². The average Bonchev–Trinajstić information content (AvgIpc) is 2.01. The van der Waals surface area contributed by atoms with Crippen LogP contribution in [0.2, 0.25) is 0 Å². The zero-order valence-electron chi connectivity index (χ0n) is 9.56. The second kappa shape index (κ2) is 4.43. The molecule has 1 fully saturated rings. The molecular weight excluding hydrogens is 160 g/mol. The Kier molecular flexibility index (Phi) is 3.74. The molecule has 0 spiro atoms. The summed E-state index contributed by atoms with van der Waals surface area (Å²) in [6.07, 6.45) is 1.25. The number of piperazine rings is 1. The average molecular weight is 184 g/mol. The quantitative estimate of drug-likeness (QED) is 0.703. The second-order valence-corrected chi connectivity index (χ2v) is 5.36. The Bertz CT molecular complexity index is 149. The van der Waals surface area contributed by atoms with Crippen LogP contribution in [-0.2, 0) is 0 Å². The maximum absolute atomic E-state index is 3.54. The van der Waals surface area contributed by atoms with E-state index in [1.165, 1.54) is 26.1 Å². The summed E-state index contributed by atoms with van der Waals surface area (Å²) in [5.41, 5.74) is 0.440. The predicted octanol–water partition coefficient (Wildman–Crippen LogP) is 1.72. The first kappa shape index (κ1) is 11.0. The molecule has 1 aliphatic heterocycles. The van der Waals surface area contributed by atoms with Crippen LogP contribution in [0.1, 0.15) is 34.1 Å². The first-order chi connectivity index (χ1) is 6.01. The van der Waals surface area contributed by atoms with Crippen LogP contribution >= 0.6 is 0 Å². The van der Waals surface area contributed by atoms with Gasteiger partial charge in [0, 0.05) is 32.2 Å². The van der Waals surface area contributed by atoms with Crippen molar-refractivity contribution in [2.24, 2.45) is 5.41 Å². The maximum atomic E-state index is 3.54. The summed E-state index contributed by atoms with van der Waals surface area (Å²) in [7, 11) is 0. The molecule has 0 aromatic carbocycles. The molecule has 2 nitrogen and oxygen atoms in total. The van der Waals surface area contributed by atoms with Gasteiger partial charge in [-0.25, -0.2) is 0 Å². The zero-order valence-corrected chi connectivity index (χ0v) is 9.56. The van der Waals surface area contributed by atoms with Gasteiger partial charge in [-0.3, -0.25) is 0 Å². The molecule has 1 N–H and O–H groups in total. The van der Waals surface area contributed by atoms with Gasteiger partial charge in [-0.15, -0.1) is 0 Å². The van der Waals surface area contributed by atoms with Crippen molar-refractivity contribution in [3.8, 4) is 0 Å². The van der Waals surface area contributed by atoms with Crippen molar-refractivity contribution < 1.29 is 0 Å². The van der Waals surface area contributed by atoms with Gasteiger partial charge >= 0.3 is 0 Å². The molecule has 1 saturated heterocycles. The lowest BCUT2D eigenvalue weighted by molar-refractivity contribution is 0.145. The lowest BCUT2D eigenvalue weighted by atomic mass is 9.95. The van der Waals surface area contributed by atoms with Crippen molar-refractivity contribution in [3.05, 3.63) is 0 Å². The van der Waals surface area contributed by atoms with Crippen LogP contribution < -0.4 is 5.32 Å². The van der Waals surface area contributed by atoms with Gasteiger partial charge in [0.15, 0.2) is 0 Å². The number of hydrogen-bond acceptors (Lipinski definition) is 2. The largest absolute Gasteiger partial charge is 0.311 e. The van der Waals surface area contributed by atoms with Crippen LogP contribution in [0.4, 0.5) is 0 Å². The molecule has 0 saturated carbocycles. The zero-order chi connectivity index (χ0) is 9.90. The molecule has 1 heterocycles. The first-order valence-corrected chi connectivity index (χ1v) is 5.47. The molecule has 0 radical (unpaired) electrons. The fourth-order valence-electron chi connectivity index (χ4n) is 1.98. The minimum absolute atomic E-state index is 0.440. The van der Waals surface area contributed by atoms with Crippen molar-refractivity contribution in [1.82, 2.24) is 10.2 Å². The van der Waals surface area contributed by atoms with Crippen molar-refractivity contribution in [2.45, 2.75) is 40.2 Å². The summed E-state index contributed by atoms with van der Waals surface area (Å²) in [4.78, 5) is 2.59. The third-order valence-corrected chi connectivity index (χ3v) is 2.53. The Morgan fingerprint density at radius 3 is 2.62 bits per heavy atom. The van der Waals surface area contributed by atoms with Gasteiger partial charge in [-0.2, -0.15) is 0 Å². The van der Waals surface area contributed by atoms with Crippen LogP contribution in [0.15, 0.2) is 0 Å². The van der Waals surface area contributed by atoms with E-state index in [0.717, 1.165) is 12.6 Å². The Morgan fingerprint density at radius 2 is 2.08 bits per heavy atom. The molecule has 1 aliphatic rings. The SMILES string of the molecule is CCC1CN(CC(C)(C)C)CCN1. The number of nitrogens with one attached hydrogen (secondary N) is 1. The maximum Gasteiger partial charge on any atom is 0.0192 e. The highest BCUT2D eigenvalue weighted by Crippen LogP contribution is 2.16. The van der Waals surface area contributed by atoms with Crippen molar-refractivity contribution >= 4 is 0 Å². The molecule has 1 rings (SSSR count). The molecule has 1 unspecified atom stereocenters. The van der Waals surface area contributed by atoms with Crippen molar-refractivity contribution in [3.63, 3.8) is 0 Å². The lowest BCUT2D eigenvalue weighted by Gasteiger charge is -2.37. The molecular formula is C11H24N2. The molecule has 0 bridgehead atoms. The second-order valence-electron chi connectivity index (χ2n) is 5.36. The summed E-state index contributed by atoms with van der Waals surface area (Å²) in [5, 5.41) is 3.54. The van der Waals surface area contributed by atoms with Gasteiger partial charge in [0.05, 0.1) is 0 Å². The van der Waals surface area contributed by atoms with E-state index >= 15 is 0 Å². The highest BCUT2D eigenvalue weighted by Gasteiger charge is 2.21. The van der Waals surface area contributed by atoms with Crippen LogP contribution in [-0.4, -0.2) is 37.1 Å². The minimum atomic E-state index is 0.440. The smallest absolute Gasteiger partial charge is 0.0192 e. The molecule has 78 valence electrons. The minimum Gasteiger partial charge on any atom is -0.311 e. The Morgan fingerprint density at radius 1 is 1.38 bits per heavy atom. The molecule has 0 aromatic heterocycles. The Labute approximate surface area is 82.7 Å². The van der Waals surface area contributed by atoms with E-state index < -0.39 is 0 Å². The van der Waals surface area contributed by atoms with E-state index in [-0.39, 0.29) is 0 Å². The van der Waals surface area contributed by atoms with E-state index in [0.29, 0.717) is 5.41 Å². The fourth-order valence-corrected chi connectivity index (χ4v) is 1.98. The third kappa shape index (κ3) is 4.10. The number of rotatable bonds is 2. The lowest BCUT2D eigenvalue weighted by Crippen LogP contribution is -2.52. The standard InChI is InChI=1S/C11H24N2/c1-5-10-8-13(7-6-12-10)9-11(2,3)4/h10,12H,5-9H2,1-4H3. The van der Waals surface area contributed by atoms with Gasteiger partial charge in [-0.1, -0.05) is 27.7 Å². The number of hydrogen-bond donors (Lipinski definition) is 1. The van der Waals surface area contributed by atoms with E-state index in [2.05, 4.69) is 37.9 Å². The molecule has 0 aliphatic carbocycles. The Hall–Kier alpha value is -0.0800. The van der Waals surface area contributed by atoms with E-state index in [1.807, 2.05) is 0 Å². The van der Waals surface area contributed by atoms with Gasteiger partial charge in [-0.05, 0) is 11.8 Å². The van der Waals surface area contributed by atoms with E-state index in [9.17, 15) is 0 Å². The summed E-state index contributed by atoms with van der Waals surface area (Å²) >= 11 is 0.